The standard InChI is InChI=1S/C27H36ClNO/c28-9-8-25-13-20-14-26(17-25,23-4-2-1-3-5-23)19-27(15-20,18-25)24(30)12-22-16-29-10-6-21(22)7-11-29/h1-5,20-22H,6-19H2/t20?,22-,25+,26+,27?/m0/s1. The molecule has 0 radical (unpaired) electrons. The number of ketones is 1. The van der Waals surface area contributed by atoms with E-state index in [1.807, 2.05) is 0 Å². The summed E-state index contributed by atoms with van der Waals surface area (Å²) >= 11 is 6.36. The summed E-state index contributed by atoms with van der Waals surface area (Å²) in [6.07, 6.45) is 11.8. The molecule has 1 aromatic rings. The topological polar surface area (TPSA) is 20.3 Å². The Kier molecular flexibility index (Phi) is 4.67. The number of piperidine rings is 3. The third kappa shape index (κ3) is 3.04. The molecule has 2 nitrogen and oxygen atoms in total. The monoisotopic (exact) mass is 425 g/mol. The van der Waals surface area contributed by atoms with Crippen molar-refractivity contribution in [3.63, 3.8) is 0 Å². The molecule has 162 valence electrons. The summed E-state index contributed by atoms with van der Waals surface area (Å²) in [4.78, 5) is 16.7. The number of carbonyl (C=O) groups is 1. The Morgan fingerprint density at radius 1 is 1.03 bits per heavy atom. The molecule has 0 aromatic heterocycles. The highest BCUT2D eigenvalue weighted by Crippen LogP contribution is 2.71. The number of fused-ring (bicyclic) bond motifs is 3. The Morgan fingerprint density at radius 3 is 2.53 bits per heavy atom. The second kappa shape index (κ2) is 7.07. The van der Waals surface area contributed by atoms with Crippen LogP contribution in [0.4, 0.5) is 0 Å². The van der Waals surface area contributed by atoms with Crippen LogP contribution in [0.15, 0.2) is 30.3 Å². The molecule has 30 heavy (non-hydrogen) atoms. The van der Waals surface area contributed by atoms with Crippen molar-refractivity contribution in [2.45, 2.75) is 69.6 Å². The number of halogens is 1. The molecule has 3 saturated heterocycles. The van der Waals surface area contributed by atoms with Gasteiger partial charge in [-0.15, -0.1) is 11.6 Å². The first-order chi connectivity index (χ1) is 14.5. The number of alkyl halides is 1. The summed E-state index contributed by atoms with van der Waals surface area (Å²) in [5.74, 6) is 3.49. The average molecular weight is 426 g/mol. The van der Waals surface area contributed by atoms with Crippen LogP contribution in [0.3, 0.4) is 0 Å². The molecule has 3 aliphatic heterocycles. The quantitative estimate of drug-likeness (QED) is 0.535. The highest BCUT2D eigenvalue weighted by atomic mass is 35.5. The lowest BCUT2D eigenvalue weighted by molar-refractivity contribution is -0.163. The molecule has 4 aliphatic carbocycles. The fourth-order valence-corrected chi connectivity index (χ4v) is 9.72. The third-order valence-electron chi connectivity index (χ3n) is 10.0. The number of Topliss-reactive ketones (excluding diaryl/α,β-unsaturated/α-hetero) is 1. The van der Waals surface area contributed by atoms with Crippen LogP contribution in [0.1, 0.15) is 69.8 Å². The molecule has 3 heterocycles. The minimum absolute atomic E-state index is 0.0761. The first-order valence-electron chi connectivity index (χ1n) is 12.4. The van der Waals surface area contributed by atoms with Gasteiger partial charge in [-0.2, -0.15) is 0 Å². The van der Waals surface area contributed by atoms with Crippen molar-refractivity contribution in [1.82, 2.24) is 4.90 Å². The Labute approximate surface area is 186 Å². The third-order valence-corrected chi connectivity index (χ3v) is 10.2. The lowest BCUT2D eigenvalue weighted by atomic mass is 9.37. The largest absolute Gasteiger partial charge is 0.303 e. The predicted octanol–water partition coefficient (Wildman–Crippen LogP) is 5.82. The highest BCUT2D eigenvalue weighted by Gasteiger charge is 2.65. The number of benzene rings is 1. The summed E-state index contributed by atoms with van der Waals surface area (Å²) < 4.78 is 0. The van der Waals surface area contributed by atoms with Crippen molar-refractivity contribution >= 4 is 17.4 Å². The minimum atomic E-state index is -0.0761. The number of nitrogens with zero attached hydrogens (tertiary/aromatic N) is 1. The van der Waals surface area contributed by atoms with E-state index in [0.29, 0.717) is 23.0 Å². The molecule has 0 amide bonds. The van der Waals surface area contributed by atoms with Gasteiger partial charge in [0.2, 0.25) is 0 Å². The molecule has 7 fully saturated rings. The first kappa shape index (κ1) is 19.8. The molecule has 5 atom stereocenters. The summed E-state index contributed by atoms with van der Waals surface area (Å²) in [7, 11) is 0. The predicted molar refractivity (Wildman–Crippen MR) is 122 cm³/mol. The molecule has 6 bridgehead atoms. The first-order valence-corrected chi connectivity index (χ1v) is 12.9. The molecule has 7 aliphatic rings. The number of hydrogen-bond acceptors (Lipinski definition) is 2. The average Bonchev–Trinajstić information content (AvgIpc) is 2.74. The number of rotatable bonds is 6. The fraction of sp³-hybridized carbons (Fsp3) is 0.741. The van der Waals surface area contributed by atoms with E-state index in [9.17, 15) is 4.79 Å². The lowest BCUT2D eigenvalue weighted by Crippen LogP contribution is -2.61. The SMILES string of the molecule is O=C(C[C@H]1CN2CCC1CC2)C12CC3C[C@@](CCCl)(C1)C[C@](c1ccccc1)(C3)C2. The molecule has 1 aromatic carbocycles. The van der Waals surface area contributed by atoms with Gasteiger partial charge in [-0.3, -0.25) is 4.79 Å². The zero-order valence-electron chi connectivity index (χ0n) is 18.3. The van der Waals surface area contributed by atoms with E-state index in [2.05, 4.69) is 35.2 Å². The zero-order valence-corrected chi connectivity index (χ0v) is 19.0. The van der Waals surface area contributed by atoms with Crippen molar-refractivity contribution < 1.29 is 4.79 Å². The van der Waals surface area contributed by atoms with Crippen LogP contribution >= 0.6 is 11.6 Å². The van der Waals surface area contributed by atoms with E-state index < -0.39 is 0 Å². The van der Waals surface area contributed by atoms with Crippen molar-refractivity contribution in [2.24, 2.45) is 28.6 Å². The zero-order chi connectivity index (χ0) is 20.4. The van der Waals surface area contributed by atoms with E-state index in [0.717, 1.165) is 43.9 Å². The van der Waals surface area contributed by atoms with Crippen molar-refractivity contribution in [3.8, 4) is 0 Å². The van der Waals surface area contributed by atoms with E-state index in [4.69, 9.17) is 11.6 Å². The smallest absolute Gasteiger partial charge is 0.139 e. The normalized spacial score (nSPS) is 46.3. The fourth-order valence-electron chi connectivity index (χ4n) is 9.32. The Morgan fingerprint density at radius 2 is 1.83 bits per heavy atom. The molecular formula is C27H36ClNO. The highest BCUT2D eigenvalue weighted by molar-refractivity contribution is 6.17. The second-order valence-electron chi connectivity index (χ2n) is 11.9. The Balaban J connectivity index is 1.33. The Bertz CT molecular complexity index is 817. The molecule has 8 rings (SSSR count). The maximum atomic E-state index is 14.1. The van der Waals surface area contributed by atoms with Gasteiger partial charge in [-0.25, -0.2) is 0 Å². The second-order valence-corrected chi connectivity index (χ2v) is 12.3. The molecular weight excluding hydrogens is 390 g/mol. The van der Waals surface area contributed by atoms with Crippen LogP contribution in [0, 0.1) is 28.6 Å². The maximum Gasteiger partial charge on any atom is 0.139 e. The molecule has 0 spiro atoms. The molecule has 0 N–H and O–H groups in total. The molecule has 2 unspecified atom stereocenters. The van der Waals surface area contributed by atoms with Crippen LogP contribution in [0.2, 0.25) is 0 Å². The minimum Gasteiger partial charge on any atom is -0.303 e. The van der Waals surface area contributed by atoms with E-state index in [1.54, 1.807) is 0 Å². The van der Waals surface area contributed by atoms with Crippen LogP contribution in [0.5, 0.6) is 0 Å². The summed E-state index contributed by atoms with van der Waals surface area (Å²) in [6.45, 7) is 3.70. The van der Waals surface area contributed by atoms with Crippen molar-refractivity contribution in [2.75, 3.05) is 25.5 Å². The van der Waals surface area contributed by atoms with E-state index >= 15 is 0 Å². The van der Waals surface area contributed by atoms with Gasteiger partial charge in [-0.05, 0) is 105 Å². The van der Waals surface area contributed by atoms with Crippen LogP contribution < -0.4 is 0 Å². The van der Waals surface area contributed by atoms with Gasteiger partial charge in [-0.1, -0.05) is 30.3 Å². The summed E-state index contributed by atoms with van der Waals surface area (Å²) in [6, 6.07) is 11.2. The van der Waals surface area contributed by atoms with Gasteiger partial charge in [0, 0.05) is 24.3 Å². The van der Waals surface area contributed by atoms with E-state index in [1.165, 1.54) is 57.3 Å². The van der Waals surface area contributed by atoms with Gasteiger partial charge in [0.05, 0.1) is 0 Å². The van der Waals surface area contributed by atoms with Gasteiger partial charge in [0.1, 0.15) is 5.78 Å². The van der Waals surface area contributed by atoms with Crippen molar-refractivity contribution in [1.29, 1.82) is 0 Å². The van der Waals surface area contributed by atoms with Gasteiger partial charge < -0.3 is 4.90 Å². The molecule has 4 saturated carbocycles. The van der Waals surface area contributed by atoms with Crippen LogP contribution in [0.25, 0.3) is 0 Å². The number of hydrogen-bond donors (Lipinski definition) is 0. The Hall–Kier alpha value is -0.860. The van der Waals surface area contributed by atoms with Crippen molar-refractivity contribution in [3.05, 3.63) is 35.9 Å². The van der Waals surface area contributed by atoms with Gasteiger partial charge in [0.15, 0.2) is 0 Å². The van der Waals surface area contributed by atoms with Gasteiger partial charge in [0.25, 0.3) is 0 Å². The summed E-state index contributed by atoms with van der Waals surface area (Å²) in [5, 5.41) is 0. The lowest BCUT2D eigenvalue weighted by Gasteiger charge is -2.67. The van der Waals surface area contributed by atoms with Crippen LogP contribution in [-0.2, 0) is 10.2 Å². The van der Waals surface area contributed by atoms with Gasteiger partial charge >= 0.3 is 0 Å². The van der Waals surface area contributed by atoms with Crippen LogP contribution in [-0.4, -0.2) is 36.2 Å². The maximum absolute atomic E-state index is 14.1. The van der Waals surface area contributed by atoms with E-state index in [-0.39, 0.29) is 10.8 Å². The number of carbonyl (C=O) groups excluding carboxylic acids is 1. The summed E-state index contributed by atoms with van der Waals surface area (Å²) in [5.41, 5.74) is 1.92. The molecule has 3 heteroatoms.